The summed E-state index contributed by atoms with van der Waals surface area (Å²) in [4.78, 5) is 15.9. The highest BCUT2D eigenvalue weighted by atomic mass is 16.3. The molecule has 0 saturated heterocycles. The molecular formula is C28H42N6O4. The quantitative estimate of drug-likeness (QED) is 0.102. The Hall–Kier alpha value is -3.47. The Morgan fingerprint density at radius 3 is 2.16 bits per heavy atom. The van der Waals surface area contributed by atoms with Crippen LogP contribution >= 0.6 is 0 Å². The Balaban J connectivity index is 2.49. The van der Waals surface area contributed by atoms with Gasteiger partial charge in [-0.15, -0.1) is 0 Å². The summed E-state index contributed by atoms with van der Waals surface area (Å²) in [6, 6.07) is 9.08. The topological polar surface area (TPSA) is 156 Å². The average molecular weight is 527 g/mol. The van der Waals surface area contributed by atoms with E-state index in [4.69, 9.17) is 10.8 Å². The number of rotatable bonds is 11. The summed E-state index contributed by atoms with van der Waals surface area (Å²) in [5.41, 5.74) is 1.56. The molecule has 1 unspecified atom stereocenters. The summed E-state index contributed by atoms with van der Waals surface area (Å²) in [6.45, 7) is 14.2. The number of nitrogens with zero attached hydrogens (tertiary/aromatic N) is 2. The number of likely N-dealkylation sites (N-methyl/N-ethyl adjacent to an activating group) is 2. The van der Waals surface area contributed by atoms with E-state index in [1.165, 1.54) is 12.1 Å². The van der Waals surface area contributed by atoms with Crippen molar-refractivity contribution in [3.63, 3.8) is 0 Å². The second kappa shape index (κ2) is 13.9. The molecule has 0 bridgehead atoms. The predicted molar refractivity (Wildman–Crippen MR) is 151 cm³/mol. The summed E-state index contributed by atoms with van der Waals surface area (Å²) < 4.78 is 0. The maximum atomic E-state index is 12.8. The van der Waals surface area contributed by atoms with E-state index in [1.54, 1.807) is 38.1 Å². The minimum atomic E-state index is -0.848. The number of nitrogens with one attached hydrogen (secondary N) is 4. The molecule has 0 fully saturated rings. The zero-order valence-corrected chi connectivity index (χ0v) is 23.2. The number of aromatic hydroxyl groups is 2. The third kappa shape index (κ3) is 7.53. The van der Waals surface area contributed by atoms with Crippen molar-refractivity contribution in [2.75, 3.05) is 31.1 Å². The number of carbonyl (C=O) groups is 1. The molecule has 38 heavy (non-hydrogen) atoms. The monoisotopic (exact) mass is 526 g/mol. The fourth-order valence-corrected chi connectivity index (χ4v) is 4.03. The van der Waals surface area contributed by atoms with Gasteiger partial charge in [0.05, 0.1) is 5.56 Å². The van der Waals surface area contributed by atoms with Crippen molar-refractivity contribution >= 4 is 23.3 Å². The van der Waals surface area contributed by atoms with Crippen LogP contribution in [0.15, 0.2) is 36.4 Å². The lowest BCUT2D eigenvalue weighted by atomic mass is 9.98. The Morgan fingerprint density at radius 2 is 1.63 bits per heavy atom. The van der Waals surface area contributed by atoms with E-state index in [0.717, 1.165) is 18.0 Å². The molecule has 1 amide bonds. The van der Waals surface area contributed by atoms with Crippen LogP contribution < -0.4 is 15.5 Å². The number of hydrogen-bond donors (Lipinski definition) is 7. The molecule has 0 aliphatic carbocycles. The van der Waals surface area contributed by atoms with Gasteiger partial charge >= 0.3 is 0 Å². The number of benzene rings is 2. The molecule has 0 heterocycles. The molecule has 7 N–H and O–H groups in total. The van der Waals surface area contributed by atoms with E-state index < -0.39 is 18.0 Å². The van der Waals surface area contributed by atoms with Crippen molar-refractivity contribution in [1.82, 2.24) is 15.5 Å². The van der Waals surface area contributed by atoms with Crippen molar-refractivity contribution in [2.45, 2.75) is 59.7 Å². The fraction of sp³-hybridized carbons (Fsp3) is 0.464. The molecule has 208 valence electrons. The van der Waals surface area contributed by atoms with Crippen molar-refractivity contribution in [1.29, 1.82) is 10.8 Å². The fourth-order valence-electron chi connectivity index (χ4n) is 4.03. The van der Waals surface area contributed by atoms with Crippen LogP contribution in [0.4, 0.5) is 5.69 Å². The molecule has 0 radical (unpaired) electrons. The maximum Gasteiger partial charge on any atom is 0.287 e. The number of phenols is 2. The van der Waals surface area contributed by atoms with Crippen LogP contribution in [0.25, 0.3) is 0 Å². The number of amides is 1. The molecule has 2 aromatic rings. The molecule has 10 nitrogen and oxygen atoms in total. The Kier molecular flexibility index (Phi) is 11.2. The van der Waals surface area contributed by atoms with Gasteiger partial charge in [0.1, 0.15) is 23.6 Å². The lowest BCUT2D eigenvalue weighted by Crippen LogP contribution is -2.47. The van der Waals surface area contributed by atoms with E-state index in [9.17, 15) is 20.1 Å². The van der Waals surface area contributed by atoms with Crippen LogP contribution in [0, 0.1) is 10.8 Å². The molecule has 0 aliphatic heterocycles. The Labute approximate surface area is 225 Å². The summed E-state index contributed by atoms with van der Waals surface area (Å²) in [5, 5.41) is 55.2. The smallest absolute Gasteiger partial charge is 0.287 e. The van der Waals surface area contributed by atoms with E-state index in [2.05, 4.69) is 10.6 Å². The van der Waals surface area contributed by atoms with Crippen molar-refractivity contribution < 1.29 is 20.1 Å². The summed E-state index contributed by atoms with van der Waals surface area (Å²) in [6.07, 6.45) is -0.848. The largest absolute Gasteiger partial charge is 0.508 e. The highest BCUT2D eigenvalue weighted by Crippen LogP contribution is 2.34. The number of amidine groups is 2. The average Bonchev–Trinajstić information content (AvgIpc) is 2.86. The third-order valence-corrected chi connectivity index (χ3v) is 6.13. The molecule has 1 atom stereocenters. The number of aliphatic hydroxyl groups excluding tert-OH is 1. The van der Waals surface area contributed by atoms with Crippen LogP contribution in [0.5, 0.6) is 11.5 Å². The second-order valence-corrected chi connectivity index (χ2v) is 9.69. The minimum Gasteiger partial charge on any atom is -0.508 e. The van der Waals surface area contributed by atoms with Crippen molar-refractivity contribution in [3.05, 3.63) is 53.1 Å². The van der Waals surface area contributed by atoms with Gasteiger partial charge in [-0.25, -0.2) is 0 Å². The maximum absolute atomic E-state index is 12.8. The van der Waals surface area contributed by atoms with E-state index in [1.807, 2.05) is 32.6 Å². The van der Waals surface area contributed by atoms with E-state index in [0.29, 0.717) is 29.9 Å². The van der Waals surface area contributed by atoms with Gasteiger partial charge in [0, 0.05) is 30.9 Å². The SMILES string of the molecule is CCNCCN(CC)C(O)c1ccc(N(C(=N)C(=O)NC(C)C)C(=N)c2cc(C(C)C)c(O)cc2O)cc1. The van der Waals surface area contributed by atoms with Gasteiger partial charge in [-0.2, -0.15) is 0 Å². The highest BCUT2D eigenvalue weighted by molar-refractivity contribution is 6.48. The van der Waals surface area contributed by atoms with Crippen molar-refractivity contribution in [2.24, 2.45) is 0 Å². The molecule has 0 spiro atoms. The first-order chi connectivity index (χ1) is 17.9. The first-order valence-corrected chi connectivity index (χ1v) is 13.0. The normalized spacial score (nSPS) is 12.2. The second-order valence-electron chi connectivity index (χ2n) is 9.69. The van der Waals surface area contributed by atoms with Gasteiger partial charge in [-0.1, -0.05) is 39.8 Å². The number of phenolic OH excluding ortho intramolecular Hbond substituents is 2. The zero-order chi connectivity index (χ0) is 28.6. The van der Waals surface area contributed by atoms with Crippen LogP contribution in [0.1, 0.15) is 70.4 Å². The third-order valence-electron chi connectivity index (χ3n) is 6.13. The first-order valence-electron chi connectivity index (χ1n) is 13.0. The minimum absolute atomic E-state index is 0.0679. The van der Waals surface area contributed by atoms with Crippen LogP contribution in [-0.4, -0.2) is 70.0 Å². The molecule has 0 aromatic heterocycles. The number of hydrogen-bond acceptors (Lipinski definition) is 8. The summed E-state index contributed by atoms with van der Waals surface area (Å²) in [7, 11) is 0. The first kappa shape index (κ1) is 30.8. The molecule has 10 heteroatoms. The van der Waals surface area contributed by atoms with Gasteiger partial charge in [0.25, 0.3) is 5.91 Å². The van der Waals surface area contributed by atoms with Crippen LogP contribution in [-0.2, 0) is 4.79 Å². The lowest BCUT2D eigenvalue weighted by molar-refractivity contribution is -0.115. The molecular weight excluding hydrogens is 484 g/mol. The van der Waals surface area contributed by atoms with Crippen LogP contribution in [0.2, 0.25) is 0 Å². The number of carbonyl (C=O) groups excluding carboxylic acids is 1. The van der Waals surface area contributed by atoms with E-state index in [-0.39, 0.29) is 34.9 Å². The Bertz CT molecular complexity index is 1120. The van der Waals surface area contributed by atoms with Gasteiger partial charge in [-0.05, 0) is 62.2 Å². The predicted octanol–water partition coefficient (Wildman–Crippen LogP) is 3.48. The van der Waals surface area contributed by atoms with Gasteiger partial charge < -0.3 is 26.0 Å². The van der Waals surface area contributed by atoms with Crippen LogP contribution in [0.3, 0.4) is 0 Å². The summed E-state index contributed by atoms with van der Waals surface area (Å²) in [5.74, 6) is -2.02. The molecule has 2 rings (SSSR count). The Morgan fingerprint density at radius 1 is 1.00 bits per heavy atom. The van der Waals surface area contributed by atoms with Crippen molar-refractivity contribution in [3.8, 4) is 11.5 Å². The zero-order valence-electron chi connectivity index (χ0n) is 23.2. The molecule has 2 aromatic carbocycles. The van der Waals surface area contributed by atoms with E-state index >= 15 is 0 Å². The molecule has 0 aliphatic rings. The highest BCUT2D eigenvalue weighted by Gasteiger charge is 2.28. The number of aliphatic hydroxyl groups is 1. The van der Waals surface area contributed by atoms with Gasteiger partial charge in [0.2, 0.25) is 0 Å². The number of anilines is 1. The summed E-state index contributed by atoms with van der Waals surface area (Å²) >= 11 is 0. The van der Waals surface area contributed by atoms with Gasteiger partial charge in [-0.3, -0.25) is 25.4 Å². The molecule has 0 saturated carbocycles. The lowest BCUT2D eigenvalue weighted by Gasteiger charge is -2.29. The standard InChI is InChI=1S/C28H42N6O4/c1-7-31-13-14-33(8-2)28(38)19-9-11-20(12-10-19)34(26(30)27(37)32-18(5)6)25(29)22-15-21(17(3)4)23(35)16-24(22)36/h9-12,15-18,28-31,35-36,38H,7-8,13-14H2,1-6H3,(H,32,37). The van der Waals surface area contributed by atoms with Gasteiger partial charge in [0.15, 0.2) is 5.84 Å².